The highest BCUT2D eigenvalue weighted by Crippen LogP contribution is 2.24. The van der Waals surface area contributed by atoms with E-state index in [4.69, 9.17) is 10.2 Å². The van der Waals surface area contributed by atoms with Crippen LogP contribution in [-0.4, -0.2) is 37.2 Å². The minimum absolute atomic E-state index is 0.613. The molecule has 8 heteroatoms. The van der Waals surface area contributed by atoms with E-state index in [-0.39, 0.29) is 0 Å². The minimum atomic E-state index is 0.613. The van der Waals surface area contributed by atoms with Gasteiger partial charge in [0.1, 0.15) is 17.7 Å². The zero-order chi connectivity index (χ0) is 18.9. The maximum Gasteiger partial charge on any atom is 0.245 e. The third kappa shape index (κ3) is 2.93. The van der Waals surface area contributed by atoms with Crippen LogP contribution >= 0.6 is 0 Å². The van der Waals surface area contributed by atoms with Crippen molar-refractivity contribution in [1.82, 2.24) is 24.1 Å². The summed E-state index contributed by atoms with van der Waals surface area (Å²) in [5.41, 5.74) is 2.39. The van der Waals surface area contributed by atoms with Gasteiger partial charge >= 0.3 is 0 Å². The molecule has 1 saturated heterocycles. The van der Waals surface area contributed by atoms with Gasteiger partial charge in [-0.2, -0.15) is 10.2 Å². The average Bonchev–Trinajstić information content (AvgIpc) is 3.48. The standard InChI is InChI=1S/C20H18N8/c21-12-15-5-3-6-16(11-15)27-13-18(22-14-27)23-19-17-7-4-10-28(17)25-20(24-19)26-8-1-2-9-26/h3-7,10-11,13-14H,1-2,8-9H2,(H,23,24,25). The first-order chi connectivity index (χ1) is 13.8. The SMILES string of the molecule is N#Cc1cccc(-n2cnc(Nc3nc(N4CCCC4)nn4cccc34)c2)c1. The highest BCUT2D eigenvalue weighted by molar-refractivity contribution is 5.73. The van der Waals surface area contributed by atoms with E-state index < -0.39 is 0 Å². The van der Waals surface area contributed by atoms with Crippen molar-refractivity contribution in [3.05, 3.63) is 60.7 Å². The van der Waals surface area contributed by atoms with Crippen LogP contribution in [0.3, 0.4) is 0 Å². The van der Waals surface area contributed by atoms with Crippen molar-refractivity contribution < 1.29 is 0 Å². The molecular weight excluding hydrogens is 352 g/mol. The monoisotopic (exact) mass is 370 g/mol. The summed E-state index contributed by atoms with van der Waals surface area (Å²) in [6.07, 6.45) is 7.86. The largest absolute Gasteiger partial charge is 0.340 e. The zero-order valence-corrected chi connectivity index (χ0v) is 15.2. The molecule has 0 unspecified atom stereocenters. The molecule has 0 atom stereocenters. The lowest BCUT2D eigenvalue weighted by atomic mass is 10.2. The minimum Gasteiger partial charge on any atom is -0.340 e. The number of nitrogens with one attached hydrogen (secondary N) is 1. The number of anilines is 3. The van der Waals surface area contributed by atoms with E-state index in [9.17, 15) is 0 Å². The molecule has 1 aliphatic heterocycles. The van der Waals surface area contributed by atoms with Crippen LogP contribution < -0.4 is 10.2 Å². The number of aromatic nitrogens is 5. The second-order valence-corrected chi connectivity index (χ2v) is 6.75. The molecule has 0 spiro atoms. The Bertz CT molecular complexity index is 1180. The van der Waals surface area contributed by atoms with Crippen molar-refractivity contribution in [2.45, 2.75) is 12.8 Å². The first-order valence-corrected chi connectivity index (χ1v) is 9.22. The third-order valence-corrected chi connectivity index (χ3v) is 4.87. The molecule has 4 aromatic rings. The molecule has 0 aliphatic carbocycles. The lowest BCUT2D eigenvalue weighted by molar-refractivity contribution is 0.827. The lowest BCUT2D eigenvalue weighted by Gasteiger charge is -2.16. The molecule has 1 aromatic carbocycles. The molecule has 1 N–H and O–H groups in total. The Kier molecular flexibility index (Phi) is 3.91. The van der Waals surface area contributed by atoms with Crippen molar-refractivity contribution in [1.29, 1.82) is 5.26 Å². The Morgan fingerprint density at radius 1 is 1.11 bits per heavy atom. The average molecular weight is 370 g/mol. The summed E-state index contributed by atoms with van der Waals surface area (Å²) in [5, 5.41) is 17.0. The van der Waals surface area contributed by atoms with Gasteiger partial charge in [-0.3, -0.25) is 0 Å². The van der Waals surface area contributed by atoms with Crippen molar-refractivity contribution in [2.75, 3.05) is 23.3 Å². The van der Waals surface area contributed by atoms with Crippen LogP contribution in [0.25, 0.3) is 11.2 Å². The van der Waals surface area contributed by atoms with E-state index in [2.05, 4.69) is 26.4 Å². The van der Waals surface area contributed by atoms with Gasteiger partial charge in [-0.1, -0.05) is 6.07 Å². The van der Waals surface area contributed by atoms with E-state index in [0.29, 0.717) is 11.4 Å². The summed E-state index contributed by atoms with van der Waals surface area (Å²) < 4.78 is 3.72. The number of nitriles is 1. The van der Waals surface area contributed by atoms with E-state index in [1.807, 2.05) is 51.8 Å². The fourth-order valence-electron chi connectivity index (χ4n) is 3.45. The Labute approximate surface area is 161 Å². The summed E-state index contributed by atoms with van der Waals surface area (Å²) in [7, 11) is 0. The van der Waals surface area contributed by atoms with Gasteiger partial charge < -0.3 is 14.8 Å². The molecule has 0 bridgehead atoms. The van der Waals surface area contributed by atoms with E-state index >= 15 is 0 Å². The van der Waals surface area contributed by atoms with Crippen LogP contribution in [0.1, 0.15) is 18.4 Å². The van der Waals surface area contributed by atoms with E-state index in [0.717, 1.165) is 36.1 Å². The maximum atomic E-state index is 9.10. The first-order valence-electron chi connectivity index (χ1n) is 9.22. The number of hydrogen-bond acceptors (Lipinski definition) is 6. The summed E-state index contributed by atoms with van der Waals surface area (Å²) in [5.74, 6) is 2.12. The highest BCUT2D eigenvalue weighted by atomic mass is 15.4. The molecule has 5 rings (SSSR count). The molecule has 1 aliphatic rings. The Balaban J connectivity index is 1.48. The normalized spacial score (nSPS) is 13.8. The van der Waals surface area contributed by atoms with Crippen molar-refractivity contribution in [2.24, 2.45) is 0 Å². The van der Waals surface area contributed by atoms with E-state index in [1.165, 1.54) is 12.8 Å². The molecule has 4 heterocycles. The molecule has 0 radical (unpaired) electrons. The number of imidazole rings is 1. The molecule has 138 valence electrons. The molecule has 1 fully saturated rings. The lowest BCUT2D eigenvalue weighted by Crippen LogP contribution is -2.22. The van der Waals surface area contributed by atoms with Crippen LogP contribution in [0.4, 0.5) is 17.6 Å². The molecule has 3 aromatic heterocycles. The molecule has 0 amide bonds. The summed E-state index contributed by atoms with van der Waals surface area (Å²) in [6, 6.07) is 13.5. The Hall–Kier alpha value is -3.86. The predicted octanol–water partition coefficient (Wildman–Crippen LogP) is 3.13. The fourth-order valence-corrected chi connectivity index (χ4v) is 3.45. The molecule has 8 nitrogen and oxygen atoms in total. The van der Waals surface area contributed by atoms with Gasteiger partial charge in [-0.05, 0) is 43.2 Å². The predicted molar refractivity (Wildman–Crippen MR) is 106 cm³/mol. The second-order valence-electron chi connectivity index (χ2n) is 6.75. The number of nitrogens with zero attached hydrogens (tertiary/aromatic N) is 7. The Morgan fingerprint density at radius 2 is 2.00 bits per heavy atom. The fraction of sp³-hybridized carbons (Fsp3) is 0.200. The summed E-state index contributed by atoms with van der Waals surface area (Å²) >= 11 is 0. The number of benzene rings is 1. The molecule has 28 heavy (non-hydrogen) atoms. The zero-order valence-electron chi connectivity index (χ0n) is 15.2. The van der Waals surface area contributed by atoms with Gasteiger partial charge in [0.15, 0.2) is 5.82 Å². The summed E-state index contributed by atoms with van der Waals surface area (Å²) in [4.78, 5) is 11.4. The number of hydrogen-bond donors (Lipinski definition) is 1. The number of rotatable bonds is 4. The molecular formula is C20H18N8. The van der Waals surface area contributed by atoms with Gasteiger partial charge in [0, 0.05) is 25.0 Å². The van der Waals surface area contributed by atoms with Gasteiger partial charge in [0.05, 0.1) is 17.8 Å². The summed E-state index contributed by atoms with van der Waals surface area (Å²) in [6.45, 7) is 1.96. The highest BCUT2D eigenvalue weighted by Gasteiger charge is 2.18. The van der Waals surface area contributed by atoms with Crippen molar-refractivity contribution in [3.8, 4) is 11.8 Å². The first kappa shape index (κ1) is 16.3. The number of fused-ring (bicyclic) bond motifs is 1. The molecule has 0 saturated carbocycles. The van der Waals surface area contributed by atoms with Gasteiger partial charge in [-0.25, -0.2) is 9.50 Å². The van der Waals surface area contributed by atoms with Crippen LogP contribution in [0, 0.1) is 11.3 Å². The topological polar surface area (TPSA) is 87.1 Å². The smallest absolute Gasteiger partial charge is 0.245 e. The van der Waals surface area contributed by atoms with Crippen LogP contribution in [-0.2, 0) is 0 Å². The van der Waals surface area contributed by atoms with Gasteiger partial charge in [0.25, 0.3) is 0 Å². The third-order valence-electron chi connectivity index (χ3n) is 4.87. The quantitative estimate of drug-likeness (QED) is 0.594. The van der Waals surface area contributed by atoms with Crippen molar-refractivity contribution in [3.63, 3.8) is 0 Å². The Morgan fingerprint density at radius 3 is 2.86 bits per heavy atom. The maximum absolute atomic E-state index is 9.10. The van der Waals surface area contributed by atoms with Gasteiger partial charge in [0.2, 0.25) is 5.95 Å². The second kappa shape index (κ2) is 6.70. The van der Waals surface area contributed by atoms with Crippen molar-refractivity contribution >= 4 is 23.1 Å². The van der Waals surface area contributed by atoms with Gasteiger partial charge in [-0.15, -0.1) is 5.10 Å². The van der Waals surface area contributed by atoms with Crippen LogP contribution in [0.15, 0.2) is 55.1 Å². The van der Waals surface area contributed by atoms with Crippen LogP contribution in [0.5, 0.6) is 0 Å². The van der Waals surface area contributed by atoms with E-state index in [1.54, 1.807) is 12.4 Å². The van der Waals surface area contributed by atoms with Crippen LogP contribution in [0.2, 0.25) is 0 Å².